The van der Waals surface area contributed by atoms with Crippen LogP contribution in [0.5, 0.6) is 0 Å². The Labute approximate surface area is 158 Å². The van der Waals surface area contributed by atoms with Gasteiger partial charge in [0.15, 0.2) is 0 Å². The molecule has 0 saturated heterocycles. The molecule has 3 nitrogen and oxygen atoms in total. The topological polar surface area (TPSA) is 41.5 Å². The van der Waals surface area contributed by atoms with Crippen LogP contribution in [0.2, 0.25) is 5.02 Å². The Morgan fingerprint density at radius 1 is 0.846 bits per heavy atom. The summed E-state index contributed by atoms with van der Waals surface area (Å²) in [5.41, 5.74) is 6.22. The number of hydrazone groups is 1. The van der Waals surface area contributed by atoms with Gasteiger partial charge in [0.1, 0.15) is 0 Å². The number of hydrogen-bond donors (Lipinski definition) is 1. The molecule has 1 amide bonds. The van der Waals surface area contributed by atoms with Gasteiger partial charge in [0.2, 0.25) is 0 Å². The van der Waals surface area contributed by atoms with Crippen LogP contribution in [0.4, 0.5) is 0 Å². The minimum Gasteiger partial charge on any atom is -0.267 e. The number of halogens is 1. The van der Waals surface area contributed by atoms with E-state index in [9.17, 15) is 4.79 Å². The molecule has 0 heterocycles. The zero-order valence-electron chi connectivity index (χ0n) is 14.4. The Morgan fingerprint density at radius 2 is 1.35 bits per heavy atom. The van der Waals surface area contributed by atoms with E-state index in [1.165, 1.54) is 0 Å². The van der Waals surface area contributed by atoms with E-state index in [4.69, 9.17) is 11.6 Å². The molecule has 26 heavy (non-hydrogen) atoms. The Kier molecular flexibility index (Phi) is 5.82. The second-order valence-electron chi connectivity index (χ2n) is 5.96. The van der Waals surface area contributed by atoms with Crippen LogP contribution in [0, 0.1) is 0 Å². The SMILES string of the molecule is C/C(=N\NC(=O)c1ccc(Cl)cc1)C(c1ccccc1)c1ccccc1. The lowest BCUT2D eigenvalue weighted by atomic mass is 9.88. The van der Waals surface area contributed by atoms with E-state index < -0.39 is 0 Å². The molecule has 3 rings (SSSR count). The Bertz CT molecular complexity index is 851. The van der Waals surface area contributed by atoms with Gasteiger partial charge in [-0.15, -0.1) is 0 Å². The third-order valence-electron chi connectivity index (χ3n) is 4.12. The molecule has 0 unspecified atom stereocenters. The first-order valence-electron chi connectivity index (χ1n) is 8.35. The van der Waals surface area contributed by atoms with Crippen molar-refractivity contribution in [2.24, 2.45) is 5.10 Å². The first-order chi connectivity index (χ1) is 12.6. The van der Waals surface area contributed by atoms with Gasteiger partial charge in [-0.3, -0.25) is 4.79 Å². The van der Waals surface area contributed by atoms with Crippen molar-refractivity contribution in [3.05, 3.63) is 107 Å². The maximum atomic E-state index is 12.3. The van der Waals surface area contributed by atoms with Crippen LogP contribution >= 0.6 is 11.6 Å². The highest BCUT2D eigenvalue weighted by atomic mass is 35.5. The molecule has 0 radical (unpaired) electrons. The van der Waals surface area contributed by atoms with E-state index in [0.29, 0.717) is 10.6 Å². The second kappa shape index (κ2) is 8.45. The molecule has 130 valence electrons. The van der Waals surface area contributed by atoms with Crippen molar-refractivity contribution >= 4 is 23.2 Å². The number of carbonyl (C=O) groups is 1. The van der Waals surface area contributed by atoms with Crippen molar-refractivity contribution in [1.82, 2.24) is 5.43 Å². The summed E-state index contributed by atoms with van der Waals surface area (Å²) in [6, 6.07) is 27.0. The van der Waals surface area contributed by atoms with E-state index in [0.717, 1.165) is 16.8 Å². The summed E-state index contributed by atoms with van der Waals surface area (Å²) in [5, 5.41) is 4.95. The molecule has 0 aliphatic rings. The normalized spacial score (nSPS) is 11.4. The van der Waals surface area contributed by atoms with E-state index in [1.54, 1.807) is 24.3 Å². The third-order valence-corrected chi connectivity index (χ3v) is 4.38. The monoisotopic (exact) mass is 362 g/mol. The van der Waals surface area contributed by atoms with Crippen LogP contribution < -0.4 is 5.43 Å². The quantitative estimate of drug-likeness (QED) is 0.487. The van der Waals surface area contributed by atoms with Crippen LogP contribution in [0.25, 0.3) is 0 Å². The summed E-state index contributed by atoms with van der Waals surface area (Å²) in [6.07, 6.45) is 0. The summed E-state index contributed by atoms with van der Waals surface area (Å²) in [6.45, 7) is 1.92. The maximum Gasteiger partial charge on any atom is 0.271 e. The van der Waals surface area contributed by atoms with E-state index in [1.807, 2.05) is 43.3 Å². The molecular formula is C22H19ClN2O. The molecule has 0 aliphatic carbocycles. The van der Waals surface area contributed by atoms with E-state index >= 15 is 0 Å². The van der Waals surface area contributed by atoms with E-state index in [2.05, 4.69) is 34.8 Å². The fourth-order valence-corrected chi connectivity index (χ4v) is 2.96. The van der Waals surface area contributed by atoms with E-state index in [-0.39, 0.29) is 11.8 Å². The highest BCUT2D eigenvalue weighted by Gasteiger charge is 2.17. The first kappa shape index (κ1) is 17.9. The van der Waals surface area contributed by atoms with Gasteiger partial charge in [-0.05, 0) is 42.3 Å². The fraction of sp³-hybridized carbons (Fsp3) is 0.0909. The van der Waals surface area contributed by atoms with Gasteiger partial charge in [0, 0.05) is 22.2 Å². The number of nitrogens with one attached hydrogen (secondary N) is 1. The predicted octanol–water partition coefficient (Wildman–Crippen LogP) is 5.28. The molecule has 4 heteroatoms. The zero-order valence-corrected chi connectivity index (χ0v) is 15.1. The van der Waals surface area contributed by atoms with Crippen LogP contribution in [-0.4, -0.2) is 11.6 Å². The summed E-state index contributed by atoms with van der Waals surface area (Å²) in [5.74, 6) is -0.288. The molecule has 0 aromatic heterocycles. The number of hydrogen-bond acceptors (Lipinski definition) is 2. The van der Waals surface area contributed by atoms with Crippen molar-refractivity contribution in [2.45, 2.75) is 12.8 Å². The lowest BCUT2D eigenvalue weighted by molar-refractivity contribution is 0.0954. The van der Waals surface area contributed by atoms with Gasteiger partial charge in [-0.1, -0.05) is 72.3 Å². The highest BCUT2D eigenvalue weighted by molar-refractivity contribution is 6.30. The smallest absolute Gasteiger partial charge is 0.267 e. The summed E-state index contributed by atoms with van der Waals surface area (Å²) in [4.78, 5) is 12.3. The Morgan fingerprint density at radius 3 is 1.85 bits per heavy atom. The minimum absolute atomic E-state index is 0.0251. The number of amides is 1. The van der Waals surface area contributed by atoms with Gasteiger partial charge in [0.05, 0.1) is 0 Å². The molecule has 0 saturated carbocycles. The molecule has 1 N–H and O–H groups in total. The maximum absolute atomic E-state index is 12.3. The Balaban J connectivity index is 1.85. The molecule has 3 aromatic rings. The minimum atomic E-state index is -0.263. The Hall–Kier alpha value is -2.91. The number of benzene rings is 3. The van der Waals surface area contributed by atoms with Crippen molar-refractivity contribution in [1.29, 1.82) is 0 Å². The average Bonchev–Trinajstić information content (AvgIpc) is 2.68. The van der Waals surface area contributed by atoms with Crippen LogP contribution in [0.15, 0.2) is 90.0 Å². The molecule has 0 fully saturated rings. The van der Waals surface area contributed by atoms with Crippen molar-refractivity contribution in [3.63, 3.8) is 0 Å². The zero-order chi connectivity index (χ0) is 18.4. The lowest BCUT2D eigenvalue weighted by Gasteiger charge is -2.18. The summed E-state index contributed by atoms with van der Waals surface area (Å²) in [7, 11) is 0. The molecule has 0 aliphatic heterocycles. The molecule has 0 atom stereocenters. The predicted molar refractivity (Wildman–Crippen MR) is 107 cm³/mol. The standard InChI is InChI=1S/C22H19ClN2O/c1-16(24-25-22(26)19-12-14-20(23)15-13-19)21(17-8-4-2-5-9-17)18-10-6-3-7-11-18/h2-15,21H,1H3,(H,25,26)/b24-16+. The molecule has 0 bridgehead atoms. The van der Waals surface area contributed by atoms with Gasteiger partial charge >= 0.3 is 0 Å². The van der Waals surface area contributed by atoms with Crippen LogP contribution in [-0.2, 0) is 0 Å². The summed E-state index contributed by atoms with van der Waals surface area (Å²) >= 11 is 5.86. The average molecular weight is 363 g/mol. The number of rotatable bonds is 5. The van der Waals surface area contributed by atoms with Crippen molar-refractivity contribution in [2.75, 3.05) is 0 Å². The van der Waals surface area contributed by atoms with Gasteiger partial charge < -0.3 is 0 Å². The number of nitrogens with zero attached hydrogens (tertiary/aromatic N) is 1. The largest absolute Gasteiger partial charge is 0.271 e. The molecule has 3 aromatic carbocycles. The van der Waals surface area contributed by atoms with Crippen LogP contribution in [0.3, 0.4) is 0 Å². The van der Waals surface area contributed by atoms with Crippen LogP contribution in [0.1, 0.15) is 34.3 Å². The second-order valence-corrected chi connectivity index (χ2v) is 6.39. The first-order valence-corrected chi connectivity index (χ1v) is 8.73. The van der Waals surface area contributed by atoms with Crippen molar-refractivity contribution in [3.8, 4) is 0 Å². The van der Waals surface area contributed by atoms with Crippen molar-refractivity contribution < 1.29 is 4.79 Å². The molecular weight excluding hydrogens is 344 g/mol. The van der Waals surface area contributed by atoms with Gasteiger partial charge in [-0.25, -0.2) is 5.43 Å². The lowest BCUT2D eigenvalue weighted by Crippen LogP contribution is -2.21. The van der Waals surface area contributed by atoms with Gasteiger partial charge in [0.25, 0.3) is 5.91 Å². The van der Waals surface area contributed by atoms with Gasteiger partial charge in [-0.2, -0.15) is 5.10 Å². The third kappa shape index (κ3) is 4.38. The fourth-order valence-electron chi connectivity index (χ4n) is 2.84. The summed E-state index contributed by atoms with van der Waals surface area (Å²) < 4.78 is 0. The number of carbonyl (C=O) groups excluding carboxylic acids is 1. The molecule has 0 spiro atoms. The highest BCUT2D eigenvalue weighted by Crippen LogP contribution is 2.26.